The maximum absolute atomic E-state index is 12.9. The Bertz CT molecular complexity index is 976. The predicted molar refractivity (Wildman–Crippen MR) is 106 cm³/mol. The molecule has 0 saturated carbocycles. The van der Waals surface area contributed by atoms with Gasteiger partial charge in [-0.05, 0) is 31.9 Å². The average molecular weight is 423 g/mol. The zero-order chi connectivity index (χ0) is 20.3. The van der Waals surface area contributed by atoms with Gasteiger partial charge in [0.05, 0.1) is 22.1 Å². The fourth-order valence-corrected chi connectivity index (χ4v) is 5.08. The third-order valence-corrected chi connectivity index (χ3v) is 6.82. The van der Waals surface area contributed by atoms with Gasteiger partial charge in [-0.3, -0.25) is 4.79 Å². The fourth-order valence-electron chi connectivity index (χ4n) is 3.24. The Morgan fingerprint density at radius 2 is 1.93 bits per heavy atom. The van der Waals surface area contributed by atoms with Crippen molar-refractivity contribution in [1.82, 2.24) is 9.88 Å². The normalized spacial score (nSPS) is 15.4. The molecule has 1 aromatic heterocycles. The highest BCUT2D eigenvalue weighted by atomic mass is 32.2. The first-order valence-electron chi connectivity index (χ1n) is 9.02. The summed E-state index contributed by atoms with van der Waals surface area (Å²) < 4.78 is 28.9. The van der Waals surface area contributed by atoms with Crippen LogP contribution in [0.15, 0.2) is 34.5 Å². The number of likely N-dealkylation sites (tertiary alicyclic amines) is 1. The van der Waals surface area contributed by atoms with Gasteiger partial charge in [0.1, 0.15) is 0 Å². The summed E-state index contributed by atoms with van der Waals surface area (Å²) in [6, 6.07) is 6.29. The van der Waals surface area contributed by atoms with E-state index in [1.807, 2.05) is 0 Å². The maximum Gasteiger partial charge on any atom is 0.357 e. The predicted octanol–water partition coefficient (Wildman–Crippen LogP) is 2.74. The number of ether oxygens (including phenoxy) is 1. The number of carbonyl (C=O) groups is 2. The van der Waals surface area contributed by atoms with Crippen LogP contribution in [-0.2, 0) is 14.6 Å². The highest BCUT2D eigenvalue weighted by Gasteiger charge is 2.29. The lowest BCUT2D eigenvalue weighted by molar-refractivity contribution is 0.0520. The Morgan fingerprint density at radius 1 is 1.25 bits per heavy atom. The smallest absolute Gasteiger partial charge is 0.357 e. The lowest BCUT2D eigenvalue weighted by atomic mass is 9.97. The van der Waals surface area contributed by atoms with Crippen molar-refractivity contribution in [3.63, 3.8) is 0 Å². The van der Waals surface area contributed by atoms with Crippen molar-refractivity contribution in [1.29, 1.82) is 0 Å². The van der Waals surface area contributed by atoms with Gasteiger partial charge in [0.15, 0.2) is 15.5 Å². The molecule has 1 fully saturated rings. The molecule has 9 heteroatoms. The Balaban J connectivity index is 1.68. The van der Waals surface area contributed by atoms with Crippen LogP contribution < -0.4 is 0 Å². The molecule has 0 bridgehead atoms. The van der Waals surface area contributed by atoms with Crippen LogP contribution >= 0.6 is 11.3 Å². The summed E-state index contributed by atoms with van der Waals surface area (Å²) in [5.41, 5.74) is 0.532. The molecular formula is C19H22N2O5S2. The molecular weight excluding hydrogens is 400 g/mol. The van der Waals surface area contributed by atoms with Gasteiger partial charge < -0.3 is 9.64 Å². The Hall–Kier alpha value is -2.26. The van der Waals surface area contributed by atoms with Crippen LogP contribution in [0, 0.1) is 0 Å². The Kier molecular flexibility index (Phi) is 6.14. The highest BCUT2D eigenvalue weighted by molar-refractivity contribution is 7.90. The molecule has 150 valence electrons. The quantitative estimate of drug-likeness (QED) is 0.688. The van der Waals surface area contributed by atoms with Crippen molar-refractivity contribution in [3.05, 3.63) is 45.9 Å². The number of amides is 1. The summed E-state index contributed by atoms with van der Waals surface area (Å²) in [5, 5.41) is 2.57. The molecule has 0 N–H and O–H groups in total. The monoisotopic (exact) mass is 422 g/mol. The summed E-state index contributed by atoms with van der Waals surface area (Å²) in [6.07, 6.45) is 2.53. The summed E-state index contributed by atoms with van der Waals surface area (Å²) in [4.78, 5) is 30.8. The van der Waals surface area contributed by atoms with Gasteiger partial charge in [0, 0.05) is 30.6 Å². The highest BCUT2D eigenvalue weighted by Crippen LogP contribution is 2.31. The maximum atomic E-state index is 12.9. The van der Waals surface area contributed by atoms with Gasteiger partial charge in [-0.15, -0.1) is 11.3 Å². The summed E-state index contributed by atoms with van der Waals surface area (Å²) in [7, 11) is -3.48. The molecule has 1 aliphatic rings. The molecule has 0 radical (unpaired) electrons. The van der Waals surface area contributed by atoms with Crippen molar-refractivity contribution in [2.24, 2.45) is 0 Å². The number of carbonyl (C=O) groups excluding carboxylic acids is 2. The first kappa shape index (κ1) is 20.5. The van der Waals surface area contributed by atoms with E-state index in [0.29, 0.717) is 38.2 Å². The molecule has 1 amide bonds. The van der Waals surface area contributed by atoms with Crippen molar-refractivity contribution in [2.45, 2.75) is 30.6 Å². The standard InChI is InChI=1S/C19H22N2O5S2/c1-3-26-19(23)15-12-27-17(20-15)13-8-10-21(11-9-13)18(22)14-6-4-5-7-16(14)28(2,24)25/h4-7,12-13H,3,8-11H2,1-2H3. The van der Waals surface area contributed by atoms with E-state index in [4.69, 9.17) is 4.74 Å². The van der Waals surface area contributed by atoms with Crippen molar-refractivity contribution in [2.75, 3.05) is 26.0 Å². The number of thiazole rings is 1. The third kappa shape index (κ3) is 4.41. The van der Waals surface area contributed by atoms with Crippen LogP contribution in [0.1, 0.15) is 51.5 Å². The minimum absolute atomic E-state index is 0.0566. The van der Waals surface area contributed by atoms with E-state index in [2.05, 4.69) is 4.98 Å². The molecule has 2 aromatic rings. The topological polar surface area (TPSA) is 93.6 Å². The van der Waals surface area contributed by atoms with Crippen LogP contribution in [0.2, 0.25) is 0 Å². The Morgan fingerprint density at radius 3 is 2.57 bits per heavy atom. The Labute approximate surface area is 168 Å². The molecule has 1 aliphatic heterocycles. The van der Waals surface area contributed by atoms with Crippen LogP contribution in [0.25, 0.3) is 0 Å². The number of piperidine rings is 1. The summed E-state index contributed by atoms with van der Waals surface area (Å²) in [5.74, 6) is -0.525. The van der Waals surface area contributed by atoms with Crippen LogP contribution in [-0.4, -0.2) is 56.1 Å². The van der Waals surface area contributed by atoms with Gasteiger partial charge in [-0.25, -0.2) is 18.2 Å². The zero-order valence-electron chi connectivity index (χ0n) is 15.8. The van der Waals surface area contributed by atoms with Crippen LogP contribution in [0.4, 0.5) is 0 Å². The number of sulfone groups is 1. The van der Waals surface area contributed by atoms with E-state index in [1.165, 1.54) is 17.4 Å². The minimum atomic E-state index is -3.48. The van der Waals surface area contributed by atoms with Gasteiger partial charge in [-0.2, -0.15) is 0 Å². The van der Waals surface area contributed by atoms with Crippen molar-refractivity contribution >= 4 is 33.1 Å². The summed E-state index contributed by atoms with van der Waals surface area (Å²) in [6.45, 7) is 3.08. The minimum Gasteiger partial charge on any atom is -0.461 e. The van der Waals surface area contributed by atoms with Gasteiger partial charge >= 0.3 is 5.97 Å². The first-order valence-corrected chi connectivity index (χ1v) is 11.8. The SMILES string of the molecule is CCOC(=O)c1csc(C2CCN(C(=O)c3ccccc3S(C)(=O)=O)CC2)n1. The lowest BCUT2D eigenvalue weighted by Gasteiger charge is -2.31. The second-order valence-corrected chi connectivity index (χ2v) is 9.50. The molecule has 0 spiro atoms. The zero-order valence-corrected chi connectivity index (χ0v) is 17.4. The molecule has 0 unspecified atom stereocenters. The number of rotatable bonds is 5. The second-order valence-electron chi connectivity index (χ2n) is 6.63. The number of nitrogens with zero attached hydrogens (tertiary/aromatic N) is 2. The lowest BCUT2D eigenvalue weighted by Crippen LogP contribution is -2.38. The van der Waals surface area contributed by atoms with Crippen molar-refractivity contribution < 1.29 is 22.7 Å². The fraction of sp³-hybridized carbons (Fsp3) is 0.421. The van der Waals surface area contributed by atoms with Gasteiger partial charge in [-0.1, -0.05) is 12.1 Å². The summed E-state index contributed by atoms with van der Waals surface area (Å²) >= 11 is 1.43. The first-order chi connectivity index (χ1) is 13.3. The number of hydrogen-bond donors (Lipinski definition) is 0. The second kappa shape index (κ2) is 8.40. The molecule has 2 heterocycles. The van der Waals surface area contributed by atoms with E-state index >= 15 is 0 Å². The largest absolute Gasteiger partial charge is 0.461 e. The molecule has 7 nitrogen and oxygen atoms in total. The number of esters is 1. The average Bonchev–Trinajstić information content (AvgIpc) is 3.17. The molecule has 28 heavy (non-hydrogen) atoms. The van der Waals surface area contributed by atoms with Crippen LogP contribution in [0.5, 0.6) is 0 Å². The van der Waals surface area contributed by atoms with Crippen LogP contribution in [0.3, 0.4) is 0 Å². The van der Waals surface area contributed by atoms with E-state index < -0.39 is 15.8 Å². The van der Waals surface area contributed by atoms with E-state index in [1.54, 1.807) is 35.4 Å². The number of aromatic nitrogens is 1. The van der Waals surface area contributed by atoms with Gasteiger partial charge in [0.2, 0.25) is 0 Å². The third-order valence-electron chi connectivity index (χ3n) is 4.65. The van der Waals surface area contributed by atoms with Crippen molar-refractivity contribution in [3.8, 4) is 0 Å². The molecule has 0 aliphatic carbocycles. The van der Waals surface area contributed by atoms with Gasteiger partial charge in [0.25, 0.3) is 5.91 Å². The number of hydrogen-bond acceptors (Lipinski definition) is 7. The van der Waals surface area contributed by atoms with E-state index in [9.17, 15) is 18.0 Å². The molecule has 3 rings (SSSR count). The number of benzene rings is 1. The van der Waals surface area contributed by atoms with E-state index in [0.717, 1.165) is 11.3 Å². The molecule has 1 saturated heterocycles. The molecule has 0 atom stereocenters. The van der Waals surface area contributed by atoms with E-state index in [-0.39, 0.29) is 22.3 Å². The molecule has 1 aromatic carbocycles.